The van der Waals surface area contributed by atoms with Crippen LogP contribution in [0.4, 0.5) is 0 Å². The van der Waals surface area contributed by atoms with Crippen molar-refractivity contribution in [2.75, 3.05) is 20.2 Å². The van der Waals surface area contributed by atoms with Gasteiger partial charge in [-0.3, -0.25) is 4.79 Å². The minimum atomic E-state index is -0.246. The van der Waals surface area contributed by atoms with Gasteiger partial charge in [0.15, 0.2) is 11.5 Å². The summed E-state index contributed by atoms with van der Waals surface area (Å²) in [5.74, 6) is 1.69. The molecule has 0 saturated heterocycles. The molecule has 0 fully saturated rings. The lowest BCUT2D eigenvalue weighted by molar-refractivity contribution is 0.0780. The summed E-state index contributed by atoms with van der Waals surface area (Å²) >= 11 is 0. The average Bonchev–Trinajstić information content (AvgIpc) is 3.20. The molecule has 0 saturated carbocycles. The SMILES string of the molecule is C=CCN(CC=C)C(=O)c1cc(COc2ccc(OC)c3ccccc23)on1. The van der Waals surface area contributed by atoms with Crippen molar-refractivity contribution in [1.82, 2.24) is 10.1 Å². The van der Waals surface area contributed by atoms with Crippen molar-refractivity contribution in [1.29, 1.82) is 0 Å². The molecule has 0 unspecified atom stereocenters. The van der Waals surface area contributed by atoms with Gasteiger partial charge in [-0.1, -0.05) is 41.6 Å². The van der Waals surface area contributed by atoms with Gasteiger partial charge in [0.25, 0.3) is 5.91 Å². The number of carbonyl (C=O) groups excluding carboxylic acids is 1. The zero-order valence-corrected chi connectivity index (χ0v) is 15.8. The highest BCUT2D eigenvalue weighted by Gasteiger charge is 2.18. The third kappa shape index (κ3) is 4.06. The second-order valence-corrected chi connectivity index (χ2v) is 6.07. The number of rotatable bonds is 9. The first-order valence-corrected chi connectivity index (χ1v) is 8.83. The molecule has 3 rings (SSSR count). The lowest BCUT2D eigenvalue weighted by Crippen LogP contribution is -2.31. The van der Waals surface area contributed by atoms with Gasteiger partial charge in [0, 0.05) is 29.9 Å². The van der Waals surface area contributed by atoms with Crippen LogP contribution in [0.2, 0.25) is 0 Å². The van der Waals surface area contributed by atoms with E-state index in [-0.39, 0.29) is 18.2 Å². The Bertz CT molecular complexity index is 983. The molecule has 0 N–H and O–H groups in total. The van der Waals surface area contributed by atoms with Gasteiger partial charge in [-0.25, -0.2) is 0 Å². The lowest BCUT2D eigenvalue weighted by atomic mass is 10.1. The Labute approximate surface area is 163 Å². The average molecular weight is 378 g/mol. The van der Waals surface area contributed by atoms with Gasteiger partial charge in [0.1, 0.15) is 18.1 Å². The monoisotopic (exact) mass is 378 g/mol. The van der Waals surface area contributed by atoms with E-state index in [9.17, 15) is 4.79 Å². The quantitative estimate of drug-likeness (QED) is 0.522. The van der Waals surface area contributed by atoms with Crippen LogP contribution in [0.3, 0.4) is 0 Å². The van der Waals surface area contributed by atoms with E-state index < -0.39 is 0 Å². The molecule has 3 aromatic rings. The smallest absolute Gasteiger partial charge is 0.276 e. The maximum Gasteiger partial charge on any atom is 0.276 e. The normalized spacial score (nSPS) is 10.5. The summed E-state index contributed by atoms with van der Waals surface area (Å²) in [6.45, 7) is 8.29. The second-order valence-electron chi connectivity index (χ2n) is 6.07. The molecule has 6 heteroatoms. The van der Waals surface area contributed by atoms with Crippen LogP contribution in [0, 0.1) is 0 Å². The Kier molecular flexibility index (Phi) is 6.11. The summed E-state index contributed by atoms with van der Waals surface area (Å²) < 4.78 is 16.6. The summed E-state index contributed by atoms with van der Waals surface area (Å²) in [4.78, 5) is 14.1. The molecular weight excluding hydrogens is 356 g/mol. The fourth-order valence-electron chi connectivity index (χ4n) is 2.89. The Morgan fingerprint density at radius 1 is 1.11 bits per heavy atom. The van der Waals surface area contributed by atoms with E-state index in [1.54, 1.807) is 30.2 Å². The predicted octanol–water partition coefficient (Wildman–Crippen LogP) is 4.23. The van der Waals surface area contributed by atoms with Crippen LogP contribution in [0.15, 0.2) is 72.3 Å². The third-order valence-electron chi connectivity index (χ3n) is 4.20. The van der Waals surface area contributed by atoms with Gasteiger partial charge >= 0.3 is 0 Å². The number of methoxy groups -OCH3 is 1. The summed E-state index contributed by atoms with van der Waals surface area (Å²) in [5.41, 5.74) is 0.224. The van der Waals surface area contributed by atoms with Gasteiger partial charge in [0.2, 0.25) is 0 Å². The van der Waals surface area contributed by atoms with E-state index in [0.717, 1.165) is 16.5 Å². The van der Waals surface area contributed by atoms with Gasteiger partial charge in [-0.2, -0.15) is 0 Å². The summed E-state index contributed by atoms with van der Waals surface area (Å²) in [5, 5.41) is 5.76. The van der Waals surface area contributed by atoms with E-state index in [2.05, 4.69) is 18.3 Å². The predicted molar refractivity (Wildman–Crippen MR) is 108 cm³/mol. The molecule has 0 atom stereocenters. The van der Waals surface area contributed by atoms with Crippen molar-refractivity contribution in [2.24, 2.45) is 0 Å². The molecule has 0 bridgehead atoms. The van der Waals surface area contributed by atoms with Crippen LogP contribution in [0.5, 0.6) is 11.5 Å². The molecule has 0 aliphatic heterocycles. The van der Waals surface area contributed by atoms with E-state index in [4.69, 9.17) is 14.0 Å². The highest BCUT2D eigenvalue weighted by molar-refractivity contribution is 5.93. The Morgan fingerprint density at radius 2 is 1.75 bits per heavy atom. The molecule has 1 aromatic heterocycles. The van der Waals surface area contributed by atoms with Crippen molar-refractivity contribution >= 4 is 16.7 Å². The third-order valence-corrected chi connectivity index (χ3v) is 4.20. The largest absolute Gasteiger partial charge is 0.496 e. The molecule has 1 amide bonds. The number of amides is 1. The molecular formula is C22H22N2O4. The number of ether oxygens (including phenoxy) is 2. The molecule has 1 heterocycles. The highest BCUT2D eigenvalue weighted by Crippen LogP contribution is 2.33. The van der Waals surface area contributed by atoms with Crippen LogP contribution in [0.1, 0.15) is 16.2 Å². The van der Waals surface area contributed by atoms with E-state index >= 15 is 0 Å². The molecule has 28 heavy (non-hydrogen) atoms. The number of benzene rings is 2. The number of nitrogens with zero attached hydrogens (tertiary/aromatic N) is 2. The fraction of sp³-hybridized carbons (Fsp3) is 0.182. The zero-order chi connectivity index (χ0) is 19.9. The van der Waals surface area contributed by atoms with Crippen molar-refractivity contribution < 1.29 is 18.8 Å². The molecule has 0 spiro atoms. The maximum absolute atomic E-state index is 12.5. The zero-order valence-electron chi connectivity index (χ0n) is 15.8. The molecule has 2 aromatic carbocycles. The van der Waals surface area contributed by atoms with Crippen LogP contribution in [0.25, 0.3) is 10.8 Å². The first kappa shape index (κ1) is 19.2. The van der Waals surface area contributed by atoms with Crippen LogP contribution in [-0.2, 0) is 6.61 Å². The Hall–Kier alpha value is -3.54. The van der Waals surface area contributed by atoms with Crippen molar-refractivity contribution in [3.8, 4) is 11.5 Å². The number of hydrogen-bond acceptors (Lipinski definition) is 5. The van der Waals surface area contributed by atoms with Crippen LogP contribution in [-0.4, -0.2) is 36.2 Å². The first-order valence-electron chi connectivity index (χ1n) is 8.83. The molecule has 0 aliphatic rings. The lowest BCUT2D eigenvalue weighted by Gasteiger charge is -2.17. The number of fused-ring (bicyclic) bond motifs is 1. The van der Waals surface area contributed by atoms with Crippen molar-refractivity contribution in [2.45, 2.75) is 6.61 Å². The van der Waals surface area contributed by atoms with E-state index in [1.807, 2.05) is 36.4 Å². The van der Waals surface area contributed by atoms with Gasteiger partial charge in [-0.15, -0.1) is 13.2 Å². The summed E-state index contributed by atoms with van der Waals surface area (Å²) in [6, 6.07) is 13.1. The number of aromatic nitrogens is 1. The fourth-order valence-corrected chi connectivity index (χ4v) is 2.89. The van der Waals surface area contributed by atoms with Crippen LogP contribution < -0.4 is 9.47 Å². The minimum absolute atomic E-state index is 0.152. The Balaban J connectivity index is 1.74. The van der Waals surface area contributed by atoms with Crippen molar-refractivity contribution in [3.63, 3.8) is 0 Å². The second kappa shape index (κ2) is 8.90. The van der Waals surface area contributed by atoms with E-state index in [0.29, 0.717) is 24.6 Å². The summed E-state index contributed by atoms with van der Waals surface area (Å²) in [7, 11) is 1.64. The molecule has 144 valence electrons. The van der Waals surface area contributed by atoms with Crippen molar-refractivity contribution in [3.05, 3.63) is 79.2 Å². The van der Waals surface area contributed by atoms with Gasteiger partial charge < -0.3 is 18.9 Å². The molecule has 6 nitrogen and oxygen atoms in total. The van der Waals surface area contributed by atoms with Gasteiger partial charge in [-0.05, 0) is 12.1 Å². The minimum Gasteiger partial charge on any atom is -0.496 e. The first-order chi connectivity index (χ1) is 13.7. The standard InChI is InChI=1S/C22H22N2O4/c1-4-12-24(13-5-2)22(25)19-14-16(28-23-19)15-27-21-11-10-20(26-3)17-8-6-7-9-18(17)21/h4-11,14H,1-2,12-13,15H2,3H3. The van der Waals surface area contributed by atoms with Gasteiger partial charge in [0.05, 0.1) is 7.11 Å². The number of carbonyl (C=O) groups is 1. The molecule has 0 aliphatic carbocycles. The maximum atomic E-state index is 12.5. The molecule has 0 radical (unpaired) electrons. The topological polar surface area (TPSA) is 64.8 Å². The van der Waals surface area contributed by atoms with Crippen LogP contribution >= 0.6 is 0 Å². The summed E-state index contributed by atoms with van der Waals surface area (Å²) in [6.07, 6.45) is 3.31. The Morgan fingerprint density at radius 3 is 2.39 bits per heavy atom. The highest BCUT2D eigenvalue weighted by atomic mass is 16.5. The number of hydrogen-bond donors (Lipinski definition) is 0. The van der Waals surface area contributed by atoms with E-state index in [1.165, 1.54) is 0 Å².